The monoisotopic (exact) mass is 346 g/mol. The van der Waals surface area contributed by atoms with E-state index in [0.29, 0.717) is 11.1 Å². The van der Waals surface area contributed by atoms with Crippen LogP contribution in [-0.4, -0.2) is 20.9 Å². The highest BCUT2D eigenvalue weighted by Gasteiger charge is 2.39. The molecular formula is C14H10ClF3N2O3. The van der Waals surface area contributed by atoms with E-state index in [1.54, 1.807) is 12.1 Å². The molecule has 5 nitrogen and oxygen atoms in total. The Kier molecular flexibility index (Phi) is 4.65. The first-order valence-electron chi connectivity index (χ1n) is 6.17. The number of ether oxygens (including phenoxy) is 1. The Morgan fingerprint density at radius 3 is 2.70 bits per heavy atom. The summed E-state index contributed by atoms with van der Waals surface area (Å²) in [5, 5.41) is 12.3. The normalized spacial score (nSPS) is 11.9. The van der Waals surface area contributed by atoms with Crippen LogP contribution in [0.3, 0.4) is 0 Å². The summed E-state index contributed by atoms with van der Waals surface area (Å²) in [7, 11) is 1.26. The highest BCUT2D eigenvalue weighted by molar-refractivity contribution is 6.30. The predicted octanol–water partition coefficient (Wildman–Crippen LogP) is 3.98. The fourth-order valence-corrected chi connectivity index (χ4v) is 1.98. The van der Waals surface area contributed by atoms with Crippen molar-refractivity contribution >= 4 is 23.6 Å². The van der Waals surface area contributed by atoms with Gasteiger partial charge in [-0.3, -0.25) is 0 Å². The lowest BCUT2D eigenvalue weighted by atomic mass is 10.2. The van der Waals surface area contributed by atoms with Gasteiger partial charge in [0.2, 0.25) is 5.88 Å². The fraction of sp³-hybridized carbons (Fsp3) is 0.143. The fourth-order valence-electron chi connectivity index (χ4n) is 1.80. The molecule has 0 amide bonds. The minimum Gasteiger partial charge on any atom is -0.478 e. The Balaban J connectivity index is 2.53. The van der Waals surface area contributed by atoms with Gasteiger partial charge in [0.1, 0.15) is 5.75 Å². The smallest absolute Gasteiger partial charge is 0.435 e. The number of aromatic nitrogens is 2. The second-order valence-electron chi connectivity index (χ2n) is 4.42. The number of rotatable bonds is 4. The van der Waals surface area contributed by atoms with Gasteiger partial charge in [0, 0.05) is 18.1 Å². The molecule has 0 aliphatic heterocycles. The van der Waals surface area contributed by atoms with Crippen LogP contribution in [0.15, 0.2) is 30.3 Å². The van der Waals surface area contributed by atoms with E-state index in [9.17, 15) is 18.0 Å². The van der Waals surface area contributed by atoms with Crippen molar-refractivity contribution in [3.05, 3.63) is 46.6 Å². The zero-order valence-corrected chi connectivity index (χ0v) is 12.4. The van der Waals surface area contributed by atoms with Gasteiger partial charge in [-0.05, 0) is 24.3 Å². The zero-order valence-electron chi connectivity index (χ0n) is 11.6. The van der Waals surface area contributed by atoms with Crippen molar-refractivity contribution < 1.29 is 27.8 Å². The number of hydrogen-bond acceptors (Lipinski definition) is 3. The lowest BCUT2D eigenvalue weighted by Gasteiger charge is -2.08. The number of carboxylic acid groups (broad SMARTS) is 1. The summed E-state index contributed by atoms with van der Waals surface area (Å²) in [4.78, 5) is 10.6. The zero-order chi connectivity index (χ0) is 17.2. The first-order chi connectivity index (χ1) is 10.7. The second-order valence-corrected chi connectivity index (χ2v) is 4.86. The molecule has 0 aliphatic rings. The molecule has 1 aromatic carbocycles. The van der Waals surface area contributed by atoms with Crippen LogP contribution >= 0.6 is 11.6 Å². The minimum absolute atomic E-state index is 0.194. The van der Waals surface area contributed by atoms with E-state index in [1.807, 2.05) is 0 Å². The van der Waals surface area contributed by atoms with Crippen LogP contribution in [0.5, 0.6) is 11.6 Å². The third-order valence-corrected chi connectivity index (χ3v) is 2.94. The summed E-state index contributed by atoms with van der Waals surface area (Å²) in [6.07, 6.45) is -3.39. The van der Waals surface area contributed by atoms with Gasteiger partial charge in [0.05, 0.1) is 5.56 Å². The molecule has 0 saturated carbocycles. The van der Waals surface area contributed by atoms with E-state index in [2.05, 4.69) is 5.10 Å². The Morgan fingerprint density at radius 2 is 2.13 bits per heavy atom. The van der Waals surface area contributed by atoms with Gasteiger partial charge in [-0.15, -0.1) is 0 Å². The van der Waals surface area contributed by atoms with Crippen LogP contribution in [0.2, 0.25) is 5.02 Å². The molecule has 9 heteroatoms. The van der Waals surface area contributed by atoms with Crippen molar-refractivity contribution in [2.45, 2.75) is 6.18 Å². The lowest BCUT2D eigenvalue weighted by molar-refractivity contribution is -0.141. The van der Waals surface area contributed by atoms with Gasteiger partial charge in [0.25, 0.3) is 0 Å². The number of aryl methyl sites for hydroxylation is 1. The molecule has 0 bridgehead atoms. The Bertz CT molecular complexity index is 769. The van der Waals surface area contributed by atoms with Crippen LogP contribution in [0.1, 0.15) is 11.3 Å². The Labute approximate surface area is 133 Å². The maximum Gasteiger partial charge on any atom is 0.435 e. The van der Waals surface area contributed by atoms with E-state index in [4.69, 9.17) is 21.4 Å². The van der Waals surface area contributed by atoms with E-state index < -0.39 is 23.4 Å². The van der Waals surface area contributed by atoms with Crippen LogP contribution < -0.4 is 4.74 Å². The van der Waals surface area contributed by atoms with Crippen molar-refractivity contribution in [1.29, 1.82) is 0 Å². The summed E-state index contributed by atoms with van der Waals surface area (Å²) in [6.45, 7) is 0. The second kappa shape index (κ2) is 6.33. The van der Waals surface area contributed by atoms with Gasteiger partial charge in [-0.2, -0.15) is 18.3 Å². The molecule has 0 saturated heterocycles. The molecule has 1 heterocycles. The molecule has 1 N–H and O–H groups in total. The molecule has 2 rings (SSSR count). The maximum atomic E-state index is 13.0. The number of nitrogens with zero attached hydrogens (tertiary/aromatic N) is 2. The molecule has 0 spiro atoms. The molecule has 0 unspecified atom stereocenters. The first-order valence-corrected chi connectivity index (χ1v) is 6.55. The number of carbonyl (C=O) groups is 1. The standard InChI is InChI=1S/C14H10ClF3N2O3/c1-20-13(23-9-4-2-3-8(15)7-9)10(5-6-11(21)22)12(19-20)14(16,17)18/h2-7H,1H3,(H,21,22)/b6-5+. The number of aliphatic carboxylic acids is 1. The van der Waals surface area contributed by atoms with E-state index >= 15 is 0 Å². The van der Waals surface area contributed by atoms with Crippen LogP contribution in [0.4, 0.5) is 13.2 Å². The van der Waals surface area contributed by atoms with Crippen LogP contribution in [0.25, 0.3) is 6.08 Å². The third kappa shape index (κ3) is 4.04. The molecule has 23 heavy (non-hydrogen) atoms. The number of carboxylic acids is 1. The van der Waals surface area contributed by atoms with Crippen molar-refractivity contribution in [3.8, 4) is 11.6 Å². The van der Waals surface area contributed by atoms with E-state index in [1.165, 1.54) is 19.2 Å². The number of benzene rings is 1. The third-order valence-electron chi connectivity index (χ3n) is 2.70. The topological polar surface area (TPSA) is 64.4 Å². The largest absolute Gasteiger partial charge is 0.478 e. The van der Waals surface area contributed by atoms with Crippen molar-refractivity contribution in [1.82, 2.24) is 9.78 Å². The number of alkyl halides is 3. The molecule has 0 aliphatic carbocycles. The SMILES string of the molecule is Cn1nc(C(F)(F)F)c(/C=C/C(=O)O)c1Oc1cccc(Cl)c1. The van der Waals surface area contributed by atoms with E-state index in [-0.39, 0.29) is 11.6 Å². The molecule has 2 aromatic rings. The first kappa shape index (κ1) is 16.9. The highest BCUT2D eigenvalue weighted by atomic mass is 35.5. The lowest BCUT2D eigenvalue weighted by Crippen LogP contribution is -2.08. The molecule has 122 valence electrons. The van der Waals surface area contributed by atoms with Crippen LogP contribution in [0, 0.1) is 0 Å². The van der Waals surface area contributed by atoms with Gasteiger partial charge in [-0.1, -0.05) is 17.7 Å². The quantitative estimate of drug-likeness (QED) is 0.850. The molecular weight excluding hydrogens is 337 g/mol. The van der Waals surface area contributed by atoms with Crippen LogP contribution in [-0.2, 0) is 18.0 Å². The van der Waals surface area contributed by atoms with Gasteiger partial charge in [-0.25, -0.2) is 9.48 Å². The van der Waals surface area contributed by atoms with Gasteiger partial charge < -0.3 is 9.84 Å². The van der Waals surface area contributed by atoms with Crippen molar-refractivity contribution in [2.75, 3.05) is 0 Å². The molecule has 0 radical (unpaired) electrons. The summed E-state index contributed by atoms with van der Waals surface area (Å²) in [6, 6.07) is 6.04. The summed E-state index contributed by atoms with van der Waals surface area (Å²) < 4.78 is 45.4. The Hall–Kier alpha value is -2.48. The number of hydrogen-bond donors (Lipinski definition) is 1. The van der Waals surface area contributed by atoms with Crippen molar-refractivity contribution in [3.63, 3.8) is 0 Å². The maximum absolute atomic E-state index is 13.0. The molecule has 1 aromatic heterocycles. The summed E-state index contributed by atoms with van der Waals surface area (Å²) in [5.41, 5.74) is -1.73. The average molecular weight is 347 g/mol. The highest BCUT2D eigenvalue weighted by Crippen LogP contribution is 2.38. The summed E-state index contributed by atoms with van der Waals surface area (Å²) in [5.74, 6) is -1.45. The molecule has 0 fully saturated rings. The van der Waals surface area contributed by atoms with Gasteiger partial charge in [0.15, 0.2) is 5.69 Å². The number of halogens is 4. The Morgan fingerprint density at radius 1 is 1.43 bits per heavy atom. The molecule has 0 atom stereocenters. The summed E-state index contributed by atoms with van der Waals surface area (Å²) >= 11 is 5.80. The van der Waals surface area contributed by atoms with Crippen molar-refractivity contribution in [2.24, 2.45) is 7.05 Å². The average Bonchev–Trinajstić information content (AvgIpc) is 2.73. The van der Waals surface area contributed by atoms with E-state index in [0.717, 1.165) is 10.8 Å². The predicted molar refractivity (Wildman–Crippen MR) is 76.4 cm³/mol. The van der Waals surface area contributed by atoms with Gasteiger partial charge >= 0.3 is 12.1 Å². The minimum atomic E-state index is -4.76.